The SMILES string of the molecule is c1ccc(-c2ccc(-c3c4ccc(N(c5ccc(-c6ccccc6)cc5)c5ccc6c(c5)oc5ccccc56)cc4c(-c4ccc(-c5ccccc5)cc4)c4ccc(N(c5ccc(-c6ccccc6)cc5)c5ccc6c(c5)oc5ccccc56)cc34)cc2)cc1. The number of nitrogens with zero attached hydrogens (tertiary/aromatic N) is 2. The van der Waals surface area contributed by atoms with Crippen molar-refractivity contribution >= 4 is 99.5 Å². The Balaban J connectivity index is 0.924. The highest BCUT2D eigenvalue weighted by atomic mass is 16.3. The minimum atomic E-state index is 0.835. The predicted octanol–water partition coefficient (Wildman–Crippen LogP) is 24.7. The molecule has 4 nitrogen and oxygen atoms in total. The maximum atomic E-state index is 6.63. The fourth-order valence-electron chi connectivity index (χ4n) is 13.5. The molecule has 0 fully saturated rings. The van der Waals surface area contributed by atoms with Crippen LogP contribution in [-0.2, 0) is 0 Å². The molecule has 2 heterocycles. The molecule has 0 N–H and O–H groups in total. The first-order chi connectivity index (χ1) is 44.6. The Morgan fingerprint density at radius 3 is 0.744 bits per heavy atom. The Labute approximate surface area is 521 Å². The number of para-hydroxylation sites is 2. The lowest BCUT2D eigenvalue weighted by atomic mass is 9.84. The first-order valence-corrected chi connectivity index (χ1v) is 30.7. The second kappa shape index (κ2) is 22.1. The van der Waals surface area contributed by atoms with Gasteiger partial charge in [0.15, 0.2) is 0 Å². The number of hydrogen-bond donors (Lipinski definition) is 0. The summed E-state index contributed by atoms with van der Waals surface area (Å²) in [5.41, 5.74) is 23.3. The highest BCUT2D eigenvalue weighted by Crippen LogP contribution is 2.50. The average molecular weight is 1150 g/mol. The zero-order valence-corrected chi connectivity index (χ0v) is 49.0. The minimum absolute atomic E-state index is 0.835. The van der Waals surface area contributed by atoms with Crippen molar-refractivity contribution in [1.29, 1.82) is 0 Å². The van der Waals surface area contributed by atoms with Gasteiger partial charge in [-0.15, -0.1) is 0 Å². The van der Waals surface area contributed by atoms with Crippen LogP contribution >= 0.6 is 0 Å². The van der Waals surface area contributed by atoms with Gasteiger partial charge in [-0.05, 0) is 173 Å². The maximum absolute atomic E-state index is 6.63. The summed E-state index contributed by atoms with van der Waals surface area (Å²) in [6, 6.07) is 123. The number of fused-ring (bicyclic) bond motifs is 8. The molecule has 0 bridgehead atoms. The van der Waals surface area contributed by atoms with Gasteiger partial charge in [0.1, 0.15) is 22.3 Å². The highest BCUT2D eigenvalue weighted by molar-refractivity contribution is 6.23. The van der Waals surface area contributed by atoms with E-state index in [-0.39, 0.29) is 0 Å². The van der Waals surface area contributed by atoms with Gasteiger partial charge in [-0.3, -0.25) is 0 Å². The van der Waals surface area contributed by atoms with Crippen molar-refractivity contribution in [3.63, 3.8) is 0 Å². The van der Waals surface area contributed by atoms with E-state index in [1.165, 1.54) is 22.3 Å². The minimum Gasteiger partial charge on any atom is -0.456 e. The van der Waals surface area contributed by atoms with Crippen molar-refractivity contribution < 1.29 is 8.83 Å². The van der Waals surface area contributed by atoms with Gasteiger partial charge in [-0.25, -0.2) is 0 Å². The van der Waals surface area contributed by atoms with Crippen molar-refractivity contribution in [2.75, 3.05) is 9.80 Å². The Morgan fingerprint density at radius 2 is 0.400 bits per heavy atom. The average Bonchev–Trinajstić information content (AvgIpc) is 0.967. The Bertz CT molecular complexity index is 5140. The fourth-order valence-corrected chi connectivity index (χ4v) is 13.5. The molecule has 422 valence electrons. The number of rotatable bonds is 12. The van der Waals surface area contributed by atoms with Gasteiger partial charge in [-0.1, -0.05) is 243 Å². The molecule has 0 aliphatic carbocycles. The first kappa shape index (κ1) is 52.4. The van der Waals surface area contributed by atoms with Crippen LogP contribution in [0.2, 0.25) is 0 Å². The van der Waals surface area contributed by atoms with Crippen LogP contribution in [0.3, 0.4) is 0 Å². The molecule has 0 aliphatic rings. The van der Waals surface area contributed by atoms with Crippen molar-refractivity contribution in [1.82, 2.24) is 0 Å². The summed E-state index contributed by atoms with van der Waals surface area (Å²) in [5.74, 6) is 0. The van der Waals surface area contributed by atoms with E-state index in [1.807, 2.05) is 24.3 Å². The molecule has 2 aromatic heterocycles. The molecule has 0 radical (unpaired) electrons. The van der Waals surface area contributed by atoms with Crippen molar-refractivity contribution in [2.24, 2.45) is 0 Å². The van der Waals surface area contributed by atoms with Crippen LogP contribution in [0.5, 0.6) is 0 Å². The summed E-state index contributed by atoms with van der Waals surface area (Å²) < 4.78 is 13.3. The maximum Gasteiger partial charge on any atom is 0.137 e. The van der Waals surface area contributed by atoms with Gasteiger partial charge in [0.25, 0.3) is 0 Å². The van der Waals surface area contributed by atoms with Gasteiger partial charge in [0.2, 0.25) is 0 Å². The van der Waals surface area contributed by atoms with Gasteiger partial charge in [0, 0.05) is 67.8 Å². The van der Waals surface area contributed by atoms with Crippen molar-refractivity contribution in [3.05, 3.63) is 340 Å². The number of furan rings is 2. The van der Waals surface area contributed by atoms with Crippen LogP contribution in [0.4, 0.5) is 34.1 Å². The van der Waals surface area contributed by atoms with Crippen LogP contribution in [0.25, 0.3) is 132 Å². The van der Waals surface area contributed by atoms with E-state index < -0.39 is 0 Å². The smallest absolute Gasteiger partial charge is 0.137 e. The molecule has 0 spiro atoms. The van der Waals surface area contributed by atoms with Gasteiger partial charge >= 0.3 is 0 Å². The number of hydrogen-bond acceptors (Lipinski definition) is 4. The standard InChI is InChI=1S/C86H56N2O2/c1-5-17-57(18-6-1)61-29-33-65(34-30-61)85-77-51-47-70(88(68-43-39-64(40-44-68)60-23-11-4-12-24-60)72-46-50-76-74-26-14-16-28-82(74)90-84(76)56-72)54-80(77)86(66-35-31-62(32-36-66)58-19-7-2-8-20-58)78-52-48-69(53-79(78)85)87(67-41-37-63(38-42-67)59-21-9-3-10-22-59)71-45-49-75-73-25-13-15-27-81(73)89-83(75)55-71/h1-56H. The summed E-state index contributed by atoms with van der Waals surface area (Å²) in [6.45, 7) is 0. The molecule has 0 amide bonds. The van der Waals surface area contributed by atoms with Gasteiger partial charge in [0.05, 0.1) is 0 Å². The second-order valence-electron chi connectivity index (χ2n) is 23.2. The molecular weight excluding hydrogens is 1090 g/mol. The first-order valence-electron chi connectivity index (χ1n) is 30.7. The lowest BCUT2D eigenvalue weighted by Gasteiger charge is -2.28. The molecule has 0 aliphatic heterocycles. The van der Waals surface area contributed by atoms with E-state index in [9.17, 15) is 0 Å². The third-order valence-corrected chi connectivity index (χ3v) is 17.9. The van der Waals surface area contributed by atoms with E-state index in [1.54, 1.807) is 0 Å². The third-order valence-electron chi connectivity index (χ3n) is 17.9. The Morgan fingerprint density at radius 1 is 0.156 bits per heavy atom. The van der Waals surface area contributed by atoms with Crippen LogP contribution in [0, 0.1) is 0 Å². The van der Waals surface area contributed by atoms with Crippen LogP contribution in [0.1, 0.15) is 0 Å². The van der Waals surface area contributed by atoms with Crippen LogP contribution in [-0.4, -0.2) is 0 Å². The number of anilines is 6. The summed E-state index contributed by atoms with van der Waals surface area (Å²) in [6.07, 6.45) is 0. The van der Waals surface area contributed by atoms with Gasteiger partial charge < -0.3 is 18.6 Å². The Kier molecular flexibility index (Phi) is 12.8. The van der Waals surface area contributed by atoms with Crippen molar-refractivity contribution in [3.8, 4) is 66.8 Å². The van der Waals surface area contributed by atoms with E-state index in [0.29, 0.717) is 0 Å². The fraction of sp³-hybridized carbons (Fsp3) is 0. The zero-order valence-electron chi connectivity index (χ0n) is 49.0. The molecule has 4 heteroatoms. The van der Waals surface area contributed by atoms with E-state index in [0.717, 1.165) is 144 Å². The normalized spacial score (nSPS) is 11.6. The highest BCUT2D eigenvalue weighted by Gasteiger charge is 2.24. The molecule has 0 saturated carbocycles. The lowest BCUT2D eigenvalue weighted by molar-refractivity contribution is 0.668. The van der Waals surface area contributed by atoms with Crippen LogP contribution in [0.15, 0.2) is 349 Å². The summed E-state index contributed by atoms with van der Waals surface area (Å²) in [7, 11) is 0. The number of benzene rings is 15. The molecule has 90 heavy (non-hydrogen) atoms. The monoisotopic (exact) mass is 1150 g/mol. The topological polar surface area (TPSA) is 32.8 Å². The third kappa shape index (κ3) is 9.34. The summed E-state index contributed by atoms with van der Waals surface area (Å²) >= 11 is 0. The lowest BCUT2D eigenvalue weighted by Crippen LogP contribution is -2.10. The molecule has 17 aromatic rings. The van der Waals surface area contributed by atoms with E-state index in [4.69, 9.17) is 8.83 Å². The molecule has 17 rings (SSSR count). The van der Waals surface area contributed by atoms with E-state index in [2.05, 4.69) is 325 Å². The van der Waals surface area contributed by atoms with Crippen molar-refractivity contribution in [2.45, 2.75) is 0 Å². The van der Waals surface area contributed by atoms with E-state index >= 15 is 0 Å². The quantitative estimate of drug-likeness (QED) is 0.114. The van der Waals surface area contributed by atoms with Crippen LogP contribution < -0.4 is 9.80 Å². The molecule has 0 saturated heterocycles. The summed E-state index contributed by atoms with van der Waals surface area (Å²) in [4.78, 5) is 4.76. The van der Waals surface area contributed by atoms with Gasteiger partial charge in [-0.2, -0.15) is 0 Å². The second-order valence-corrected chi connectivity index (χ2v) is 23.2. The molecule has 15 aromatic carbocycles. The molecule has 0 atom stereocenters. The zero-order chi connectivity index (χ0) is 59.5. The Hall–Kier alpha value is -12.0. The predicted molar refractivity (Wildman–Crippen MR) is 378 cm³/mol. The molecular formula is C86H56N2O2. The molecule has 0 unspecified atom stereocenters. The summed E-state index contributed by atoms with van der Waals surface area (Å²) in [5, 5.41) is 8.88. The largest absolute Gasteiger partial charge is 0.456 e.